The number of hydrogen-bond acceptors (Lipinski definition) is 4. The molecular formula is C32H30BrN2O3+. The van der Waals surface area contributed by atoms with Crippen molar-refractivity contribution in [2.45, 2.75) is 25.4 Å². The van der Waals surface area contributed by atoms with E-state index in [0.717, 1.165) is 38.4 Å². The van der Waals surface area contributed by atoms with Crippen LogP contribution in [-0.4, -0.2) is 48.0 Å². The van der Waals surface area contributed by atoms with E-state index in [1.54, 1.807) is 0 Å². The zero-order valence-corrected chi connectivity index (χ0v) is 23.3. The van der Waals surface area contributed by atoms with Crippen LogP contribution < -0.4 is 9.64 Å². The Morgan fingerprint density at radius 2 is 1.76 bits per heavy atom. The number of halogens is 1. The van der Waals surface area contributed by atoms with Gasteiger partial charge < -0.3 is 14.7 Å². The van der Waals surface area contributed by atoms with Crippen molar-refractivity contribution in [3.05, 3.63) is 106 Å². The Hall–Kier alpha value is -3.48. The van der Waals surface area contributed by atoms with Crippen LogP contribution in [0.15, 0.2) is 94.6 Å². The Labute approximate surface area is 231 Å². The second-order valence-electron chi connectivity index (χ2n) is 10.6. The van der Waals surface area contributed by atoms with Crippen LogP contribution in [0.2, 0.25) is 0 Å². The molecule has 1 aliphatic carbocycles. The zero-order valence-electron chi connectivity index (χ0n) is 21.7. The molecule has 192 valence electrons. The molecule has 6 heteroatoms. The Bertz CT molecular complexity index is 1530. The van der Waals surface area contributed by atoms with E-state index >= 15 is 0 Å². The molecule has 0 aromatic heterocycles. The quantitative estimate of drug-likeness (QED) is 0.308. The number of ether oxygens (including phenoxy) is 1. The summed E-state index contributed by atoms with van der Waals surface area (Å²) in [6.45, 7) is 5.46. The highest BCUT2D eigenvalue weighted by molar-refractivity contribution is 9.10. The van der Waals surface area contributed by atoms with Gasteiger partial charge in [0, 0.05) is 40.0 Å². The van der Waals surface area contributed by atoms with Gasteiger partial charge in [-0.2, -0.15) is 4.58 Å². The number of Topliss-reactive ketones (excluding diaryl/α,β-unsaturated/α-hetero) is 1. The number of likely N-dealkylation sites (N-methyl/N-ethyl adjacent to an activating group) is 1. The lowest BCUT2D eigenvalue weighted by Crippen LogP contribution is -2.45. The molecule has 2 aliphatic heterocycles. The minimum Gasteiger partial charge on any atom is -0.487 e. The summed E-state index contributed by atoms with van der Waals surface area (Å²) in [4.78, 5) is 15.7. The van der Waals surface area contributed by atoms with Gasteiger partial charge in [-0.25, -0.2) is 0 Å². The minimum absolute atomic E-state index is 0.0147. The maximum Gasteiger partial charge on any atom is 0.213 e. The Morgan fingerprint density at radius 3 is 2.50 bits per heavy atom. The number of carbonyl (C=O) groups is 1. The van der Waals surface area contributed by atoms with Gasteiger partial charge in [0.15, 0.2) is 18.5 Å². The second kappa shape index (κ2) is 9.37. The van der Waals surface area contributed by atoms with E-state index in [9.17, 15) is 9.90 Å². The Balaban J connectivity index is 1.26. The number of hydrogen-bond donors (Lipinski definition) is 1. The lowest BCUT2D eigenvalue weighted by Gasteiger charge is -2.35. The van der Waals surface area contributed by atoms with Crippen LogP contribution in [0.5, 0.6) is 5.75 Å². The highest BCUT2D eigenvalue weighted by Crippen LogP contribution is 2.49. The normalized spacial score (nSPS) is 24.2. The number of nitrogens with zero attached hydrogens (tertiary/aromatic N) is 2. The Kier molecular flexibility index (Phi) is 6.12. The van der Waals surface area contributed by atoms with Crippen molar-refractivity contribution in [1.29, 1.82) is 0 Å². The molecule has 0 saturated heterocycles. The van der Waals surface area contributed by atoms with Gasteiger partial charge in [-0.1, -0.05) is 66.2 Å². The highest BCUT2D eigenvalue weighted by atomic mass is 79.9. The number of allylic oxidation sites excluding steroid dienone is 2. The molecule has 0 bridgehead atoms. The summed E-state index contributed by atoms with van der Waals surface area (Å²) in [5.74, 6) is 0.236. The van der Waals surface area contributed by atoms with Crippen molar-refractivity contribution in [3.63, 3.8) is 0 Å². The smallest absolute Gasteiger partial charge is 0.213 e. The highest BCUT2D eigenvalue weighted by Gasteiger charge is 2.49. The van der Waals surface area contributed by atoms with Crippen LogP contribution in [0.25, 0.3) is 5.57 Å². The van der Waals surface area contributed by atoms with Crippen LogP contribution in [0, 0.1) is 5.92 Å². The fourth-order valence-corrected chi connectivity index (χ4v) is 6.19. The van der Waals surface area contributed by atoms with Crippen molar-refractivity contribution < 1.29 is 19.2 Å². The van der Waals surface area contributed by atoms with Gasteiger partial charge in [0.25, 0.3) is 0 Å². The Morgan fingerprint density at radius 1 is 1.05 bits per heavy atom. The number of fused-ring (bicyclic) bond motifs is 2. The summed E-state index contributed by atoms with van der Waals surface area (Å²) >= 11 is 3.44. The van der Waals surface area contributed by atoms with E-state index in [1.165, 1.54) is 5.56 Å². The van der Waals surface area contributed by atoms with Gasteiger partial charge in [0.05, 0.1) is 23.2 Å². The third-order valence-corrected chi connectivity index (χ3v) is 8.50. The molecule has 6 rings (SSSR count). The first-order valence-corrected chi connectivity index (χ1v) is 13.7. The molecule has 3 aliphatic rings. The summed E-state index contributed by atoms with van der Waals surface area (Å²) in [6.07, 6.45) is 3.11. The van der Waals surface area contributed by atoms with Crippen LogP contribution in [0.1, 0.15) is 25.0 Å². The van der Waals surface area contributed by atoms with Crippen LogP contribution in [-0.2, 0) is 10.2 Å². The number of anilines is 1. The number of para-hydroxylation sites is 2. The predicted octanol–water partition coefficient (Wildman–Crippen LogP) is 5.88. The van der Waals surface area contributed by atoms with E-state index in [1.807, 2.05) is 80.0 Å². The lowest BCUT2D eigenvalue weighted by atomic mass is 9.70. The molecule has 3 aromatic carbocycles. The van der Waals surface area contributed by atoms with E-state index in [0.29, 0.717) is 18.7 Å². The van der Waals surface area contributed by atoms with Crippen LogP contribution in [0.3, 0.4) is 0 Å². The van der Waals surface area contributed by atoms with Crippen molar-refractivity contribution in [3.8, 4) is 5.75 Å². The number of ketones is 1. The number of aliphatic hydroxyl groups excluding tert-OH is 1. The van der Waals surface area contributed by atoms with Gasteiger partial charge in [-0.05, 0) is 42.0 Å². The second-order valence-corrected chi connectivity index (χ2v) is 11.5. The average Bonchev–Trinajstić information content (AvgIpc) is 3.36. The largest absolute Gasteiger partial charge is 0.487 e. The molecular weight excluding hydrogens is 540 g/mol. The van der Waals surface area contributed by atoms with Crippen molar-refractivity contribution >= 4 is 44.9 Å². The molecule has 0 radical (unpaired) electrons. The first kappa shape index (κ1) is 24.8. The van der Waals surface area contributed by atoms with Gasteiger partial charge in [0.2, 0.25) is 5.69 Å². The molecule has 2 unspecified atom stereocenters. The molecule has 0 spiro atoms. The van der Waals surface area contributed by atoms with E-state index < -0.39 is 12.0 Å². The summed E-state index contributed by atoms with van der Waals surface area (Å²) in [5, 5.41) is 11.3. The molecule has 2 heterocycles. The monoisotopic (exact) mass is 569 g/mol. The van der Waals surface area contributed by atoms with E-state index in [4.69, 9.17) is 4.74 Å². The van der Waals surface area contributed by atoms with Crippen molar-refractivity contribution in [2.75, 3.05) is 25.1 Å². The summed E-state index contributed by atoms with van der Waals surface area (Å²) in [6, 6.07) is 24.1. The number of rotatable bonds is 5. The predicted molar refractivity (Wildman–Crippen MR) is 154 cm³/mol. The SMILES string of the molecule is CN1C(=CC2C(=O)C(=C3C=[N+](CCOc4ccc(Br)cc4)c4ccccc43)C2O)C(C)(C)c2ccccc21. The number of benzene rings is 3. The average molecular weight is 571 g/mol. The third kappa shape index (κ3) is 3.94. The molecule has 1 fully saturated rings. The van der Waals surface area contributed by atoms with Gasteiger partial charge in [0.1, 0.15) is 12.4 Å². The topological polar surface area (TPSA) is 52.8 Å². The fraction of sp³-hybridized carbons (Fsp3) is 0.250. The first-order chi connectivity index (χ1) is 18.3. The van der Waals surface area contributed by atoms with Crippen molar-refractivity contribution in [1.82, 2.24) is 0 Å². The summed E-state index contributed by atoms with van der Waals surface area (Å²) < 4.78 is 9.05. The molecule has 2 atom stereocenters. The lowest BCUT2D eigenvalue weighted by molar-refractivity contribution is -0.434. The maximum absolute atomic E-state index is 13.5. The molecule has 3 aromatic rings. The zero-order chi connectivity index (χ0) is 26.6. The number of carbonyl (C=O) groups excluding carboxylic acids is 1. The molecule has 1 saturated carbocycles. The maximum atomic E-state index is 13.5. The van der Waals surface area contributed by atoms with E-state index in [2.05, 4.69) is 51.4 Å². The van der Waals surface area contributed by atoms with Gasteiger partial charge in [-0.3, -0.25) is 4.79 Å². The first-order valence-electron chi connectivity index (χ1n) is 12.9. The third-order valence-electron chi connectivity index (χ3n) is 7.98. The van der Waals surface area contributed by atoms with Crippen LogP contribution >= 0.6 is 15.9 Å². The molecule has 38 heavy (non-hydrogen) atoms. The van der Waals surface area contributed by atoms with Gasteiger partial charge in [-0.15, -0.1) is 0 Å². The van der Waals surface area contributed by atoms with E-state index in [-0.39, 0.29) is 11.2 Å². The fourth-order valence-electron chi connectivity index (χ4n) is 5.92. The standard InChI is InChI=1S/C32H30BrN2O3/c1-32(2)25-9-5-7-11-27(25)34(3)28(32)18-23-30(36)29(31(23)37)24-19-35(26-10-6-4-8-22(24)26)16-17-38-21-14-12-20(33)13-15-21/h4-15,18-19,23,30,36H,16-17H2,1-3H3/q+1. The molecule has 5 nitrogen and oxygen atoms in total. The minimum atomic E-state index is -0.846. The van der Waals surface area contributed by atoms with Crippen LogP contribution in [0.4, 0.5) is 11.4 Å². The molecule has 0 amide bonds. The summed E-state index contributed by atoms with van der Waals surface area (Å²) in [5.41, 5.74) is 6.45. The van der Waals surface area contributed by atoms with Gasteiger partial charge >= 0.3 is 0 Å². The number of aliphatic hydroxyl groups is 1. The molecule has 1 N–H and O–H groups in total. The summed E-state index contributed by atoms with van der Waals surface area (Å²) in [7, 11) is 2.03. The van der Waals surface area contributed by atoms with Crippen molar-refractivity contribution in [2.24, 2.45) is 5.92 Å².